The molecule has 1 aliphatic rings. The zero-order valence-electron chi connectivity index (χ0n) is 18.1. The fourth-order valence-electron chi connectivity index (χ4n) is 4.24. The van der Waals surface area contributed by atoms with Gasteiger partial charge in [-0.3, -0.25) is 9.69 Å². The highest BCUT2D eigenvalue weighted by Crippen LogP contribution is 2.32. The fraction of sp³-hybridized carbons (Fsp3) is 0.500. The molecule has 1 aromatic carbocycles. The number of halogens is 1. The highest BCUT2D eigenvalue weighted by atomic mass is 35.5. The van der Waals surface area contributed by atoms with Gasteiger partial charge in [0, 0.05) is 37.7 Å². The SMILES string of the molecule is C#CCCCCCNC(=O)C(=C)CN1CCCC[C@H](n2c(N)nc3cccc(Cl)c32)C1. The Labute approximate surface area is 189 Å². The zero-order chi connectivity index (χ0) is 22.2. The van der Waals surface area contributed by atoms with Crippen molar-refractivity contribution in [3.63, 3.8) is 0 Å². The van der Waals surface area contributed by atoms with Crippen LogP contribution in [0.5, 0.6) is 0 Å². The van der Waals surface area contributed by atoms with Gasteiger partial charge in [-0.15, -0.1) is 12.3 Å². The second-order valence-corrected chi connectivity index (χ2v) is 8.61. The number of terminal acetylenes is 1. The van der Waals surface area contributed by atoms with Crippen LogP contribution in [-0.2, 0) is 4.79 Å². The van der Waals surface area contributed by atoms with Crippen LogP contribution in [0.25, 0.3) is 11.0 Å². The van der Waals surface area contributed by atoms with Gasteiger partial charge < -0.3 is 15.6 Å². The van der Waals surface area contributed by atoms with Crippen LogP contribution >= 0.6 is 11.6 Å². The van der Waals surface area contributed by atoms with E-state index in [1.807, 2.05) is 18.2 Å². The number of nitrogens with two attached hydrogens (primary N) is 1. The molecule has 1 aromatic heterocycles. The van der Waals surface area contributed by atoms with Crippen molar-refractivity contribution in [3.8, 4) is 12.3 Å². The minimum absolute atomic E-state index is 0.0756. The molecule has 7 heteroatoms. The number of para-hydroxylation sites is 1. The number of imidazole rings is 1. The minimum atomic E-state index is -0.0756. The summed E-state index contributed by atoms with van der Waals surface area (Å²) in [6, 6.07) is 5.84. The summed E-state index contributed by atoms with van der Waals surface area (Å²) in [5.41, 5.74) is 8.56. The average molecular weight is 442 g/mol. The smallest absolute Gasteiger partial charge is 0.247 e. The first kappa shape index (κ1) is 23.2. The van der Waals surface area contributed by atoms with E-state index in [0.29, 0.717) is 29.6 Å². The summed E-state index contributed by atoms with van der Waals surface area (Å²) >= 11 is 6.48. The molecule has 0 saturated carbocycles. The van der Waals surface area contributed by atoms with Gasteiger partial charge in [-0.25, -0.2) is 4.98 Å². The molecule has 3 rings (SSSR count). The summed E-state index contributed by atoms with van der Waals surface area (Å²) in [5.74, 6) is 3.05. The molecule has 1 atom stereocenters. The van der Waals surface area contributed by atoms with E-state index in [1.165, 1.54) is 0 Å². The molecule has 0 spiro atoms. The molecule has 6 nitrogen and oxygen atoms in total. The largest absolute Gasteiger partial charge is 0.369 e. The summed E-state index contributed by atoms with van der Waals surface area (Å²) in [6.07, 6.45) is 12.1. The Morgan fingerprint density at radius 1 is 1.35 bits per heavy atom. The van der Waals surface area contributed by atoms with Gasteiger partial charge in [0.25, 0.3) is 0 Å². The van der Waals surface area contributed by atoms with Crippen molar-refractivity contribution >= 4 is 34.5 Å². The lowest BCUT2D eigenvalue weighted by molar-refractivity contribution is -0.117. The van der Waals surface area contributed by atoms with Crippen molar-refractivity contribution in [2.45, 2.75) is 51.0 Å². The highest BCUT2D eigenvalue weighted by molar-refractivity contribution is 6.35. The van der Waals surface area contributed by atoms with Crippen molar-refractivity contribution < 1.29 is 4.79 Å². The molecule has 0 unspecified atom stereocenters. The maximum Gasteiger partial charge on any atom is 0.247 e. The lowest BCUT2D eigenvalue weighted by atomic mass is 10.1. The summed E-state index contributed by atoms with van der Waals surface area (Å²) in [6.45, 7) is 6.93. The highest BCUT2D eigenvalue weighted by Gasteiger charge is 2.25. The van der Waals surface area contributed by atoms with E-state index < -0.39 is 0 Å². The number of amides is 1. The number of likely N-dealkylation sites (tertiary alicyclic amines) is 1. The number of nitrogens with one attached hydrogen (secondary N) is 1. The maximum absolute atomic E-state index is 12.5. The number of fused-ring (bicyclic) bond motifs is 1. The molecule has 1 amide bonds. The van der Waals surface area contributed by atoms with Crippen molar-refractivity contribution in [1.82, 2.24) is 19.8 Å². The summed E-state index contributed by atoms with van der Waals surface area (Å²) in [4.78, 5) is 19.2. The van der Waals surface area contributed by atoms with E-state index in [2.05, 4.69) is 32.3 Å². The number of carbonyl (C=O) groups is 1. The number of hydrogen-bond donors (Lipinski definition) is 2. The first-order valence-corrected chi connectivity index (χ1v) is 11.4. The van der Waals surface area contributed by atoms with Gasteiger partial charge in [0.1, 0.15) is 0 Å². The molecule has 0 aliphatic carbocycles. The maximum atomic E-state index is 12.5. The van der Waals surface area contributed by atoms with Gasteiger partial charge in [-0.2, -0.15) is 0 Å². The second-order valence-electron chi connectivity index (χ2n) is 8.21. The van der Waals surface area contributed by atoms with Crippen LogP contribution in [0.3, 0.4) is 0 Å². The molecule has 2 aromatic rings. The third-order valence-corrected chi connectivity index (χ3v) is 6.11. The summed E-state index contributed by atoms with van der Waals surface area (Å²) in [7, 11) is 0. The van der Waals surface area contributed by atoms with Crippen LogP contribution < -0.4 is 11.1 Å². The van der Waals surface area contributed by atoms with Crippen molar-refractivity contribution in [2.75, 3.05) is 31.9 Å². The van der Waals surface area contributed by atoms with Gasteiger partial charge >= 0.3 is 0 Å². The van der Waals surface area contributed by atoms with Gasteiger partial charge in [0.05, 0.1) is 16.1 Å². The second kappa shape index (κ2) is 11.2. The standard InChI is InChI=1S/C24H32ClN5O/c1-3-4-5-6-8-14-27-23(31)18(2)16-29-15-9-7-11-19(17-29)30-22-20(25)12-10-13-21(22)28-24(30)26/h1,10,12-13,19H,2,4-9,11,14-17H2,(H2,26,28)(H,27,31)/t19-/m0/s1. The van der Waals surface area contributed by atoms with Crippen LogP contribution in [0.2, 0.25) is 5.02 Å². The molecular weight excluding hydrogens is 410 g/mol. The number of hydrogen-bond acceptors (Lipinski definition) is 4. The Bertz CT molecular complexity index is 961. The first-order chi connectivity index (χ1) is 15.0. The molecule has 1 fully saturated rings. The van der Waals surface area contributed by atoms with Crippen LogP contribution in [0.1, 0.15) is 51.0 Å². The van der Waals surface area contributed by atoms with Crippen molar-refractivity contribution in [3.05, 3.63) is 35.4 Å². The molecule has 3 N–H and O–H groups in total. The van der Waals surface area contributed by atoms with Gasteiger partial charge in [0.2, 0.25) is 11.9 Å². The zero-order valence-corrected chi connectivity index (χ0v) is 18.8. The topological polar surface area (TPSA) is 76.2 Å². The summed E-state index contributed by atoms with van der Waals surface area (Å²) in [5, 5.41) is 3.63. The number of anilines is 1. The number of nitrogens with zero attached hydrogens (tertiary/aromatic N) is 3. The molecule has 31 heavy (non-hydrogen) atoms. The van der Waals surface area contributed by atoms with Crippen LogP contribution in [0, 0.1) is 12.3 Å². The third kappa shape index (κ3) is 6.03. The average Bonchev–Trinajstić information content (AvgIpc) is 2.92. The summed E-state index contributed by atoms with van der Waals surface area (Å²) < 4.78 is 2.06. The Kier molecular flexibility index (Phi) is 8.39. The van der Waals surface area contributed by atoms with E-state index >= 15 is 0 Å². The quantitative estimate of drug-likeness (QED) is 0.348. The number of rotatable bonds is 9. The monoisotopic (exact) mass is 441 g/mol. The van der Waals surface area contributed by atoms with Gasteiger partial charge in [-0.1, -0.05) is 37.1 Å². The Balaban J connectivity index is 1.60. The number of aromatic nitrogens is 2. The molecule has 166 valence electrons. The minimum Gasteiger partial charge on any atom is -0.369 e. The van der Waals surface area contributed by atoms with Crippen LogP contribution in [0.4, 0.5) is 5.95 Å². The molecule has 2 heterocycles. The third-order valence-electron chi connectivity index (χ3n) is 5.80. The lowest BCUT2D eigenvalue weighted by Crippen LogP contribution is -2.36. The van der Waals surface area contributed by atoms with E-state index in [1.54, 1.807) is 0 Å². The Morgan fingerprint density at radius 3 is 3.00 bits per heavy atom. The number of nitrogen functional groups attached to an aromatic ring is 1. The first-order valence-electron chi connectivity index (χ1n) is 11.0. The molecule has 0 radical (unpaired) electrons. The molecule has 1 aliphatic heterocycles. The predicted molar refractivity (Wildman–Crippen MR) is 128 cm³/mol. The van der Waals surface area contributed by atoms with Gasteiger partial charge in [0.15, 0.2) is 0 Å². The molecular formula is C24H32ClN5O. The normalized spacial score (nSPS) is 17.2. The number of unbranched alkanes of at least 4 members (excludes halogenated alkanes) is 3. The lowest BCUT2D eigenvalue weighted by Gasteiger charge is -2.26. The fourth-order valence-corrected chi connectivity index (χ4v) is 4.50. The van der Waals surface area contributed by atoms with Crippen molar-refractivity contribution in [1.29, 1.82) is 0 Å². The number of benzene rings is 1. The van der Waals surface area contributed by atoms with Crippen molar-refractivity contribution in [2.24, 2.45) is 0 Å². The predicted octanol–water partition coefficient (Wildman–Crippen LogP) is 4.16. The van der Waals surface area contributed by atoms with Crippen LogP contribution in [0.15, 0.2) is 30.4 Å². The van der Waals surface area contributed by atoms with E-state index in [-0.39, 0.29) is 11.9 Å². The Hall–Kier alpha value is -2.49. The number of carbonyl (C=O) groups excluding carboxylic acids is 1. The molecule has 1 saturated heterocycles. The molecule has 0 bridgehead atoms. The van der Waals surface area contributed by atoms with E-state index in [9.17, 15) is 4.79 Å². The van der Waals surface area contributed by atoms with E-state index in [0.717, 1.165) is 69.1 Å². The van der Waals surface area contributed by atoms with Crippen LogP contribution in [-0.4, -0.2) is 46.5 Å². The Morgan fingerprint density at radius 2 is 2.19 bits per heavy atom. The van der Waals surface area contributed by atoms with Gasteiger partial charge in [-0.05, 0) is 44.4 Å². The van der Waals surface area contributed by atoms with E-state index in [4.69, 9.17) is 23.8 Å².